The van der Waals surface area contributed by atoms with Gasteiger partial charge in [-0.05, 0) is 39.0 Å². The number of benzene rings is 1. The second-order valence-corrected chi connectivity index (χ2v) is 5.24. The fourth-order valence-corrected chi connectivity index (χ4v) is 1.48. The molecule has 104 valence electrons. The normalized spacial score (nSPS) is 12.1. The molecule has 0 heterocycles. The molecular formula is C12H16ClN3O3. The summed E-state index contributed by atoms with van der Waals surface area (Å²) in [7, 11) is 0. The molecule has 1 amide bonds. The molecule has 0 atom stereocenters. The number of amidine groups is 1. The first-order chi connectivity index (χ1) is 8.73. The summed E-state index contributed by atoms with van der Waals surface area (Å²) in [6, 6.07) is 4.58. The Kier molecular flexibility index (Phi) is 4.61. The Morgan fingerprint density at radius 3 is 2.63 bits per heavy atom. The third-order valence-corrected chi connectivity index (χ3v) is 2.24. The second kappa shape index (κ2) is 5.79. The predicted molar refractivity (Wildman–Crippen MR) is 73.8 cm³/mol. The van der Waals surface area contributed by atoms with Gasteiger partial charge in [0.15, 0.2) is 5.84 Å². The summed E-state index contributed by atoms with van der Waals surface area (Å²) in [5.41, 5.74) is 5.54. The van der Waals surface area contributed by atoms with Crippen molar-refractivity contribution >= 4 is 29.2 Å². The lowest BCUT2D eigenvalue weighted by molar-refractivity contribution is 0.0636. The van der Waals surface area contributed by atoms with Crippen LogP contribution < -0.4 is 11.1 Å². The van der Waals surface area contributed by atoms with Crippen LogP contribution in [-0.4, -0.2) is 22.7 Å². The zero-order valence-electron chi connectivity index (χ0n) is 10.9. The molecule has 0 fully saturated rings. The number of ether oxygens (including phenoxy) is 1. The van der Waals surface area contributed by atoms with E-state index in [9.17, 15) is 4.79 Å². The number of anilines is 1. The molecule has 0 saturated heterocycles. The molecule has 0 aliphatic heterocycles. The van der Waals surface area contributed by atoms with Gasteiger partial charge in [-0.25, -0.2) is 4.79 Å². The van der Waals surface area contributed by atoms with Crippen molar-refractivity contribution in [3.8, 4) is 0 Å². The quantitative estimate of drug-likeness (QED) is 0.337. The molecule has 1 aromatic carbocycles. The van der Waals surface area contributed by atoms with Crippen LogP contribution in [0.2, 0.25) is 5.02 Å². The Morgan fingerprint density at radius 2 is 2.11 bits per heavy atom. The van der Waals surface area contributed by atoms with Crippen molar-refractivity contribution in [3.63, 3.8) is 0 Å². The summed E-state index contributed by atoms with van der Waals surface area (Å²) in [6.45, 7) is 5.24. The predicted octanol–water partition coefficient (Wildman–Crippen LogP) is 2.78. The Bertz CT molecular complexity index is 509. The number of amides is 1. The van der Waals surface area contributed by atoms with Crippen molar-refractivity contribution < 1.29 is 14.7 Å². The third kappa shape index (κ3) is 4.67. The standard InChI is InChI=1S/C12H16ClN3O3/c1-12(2,3)19-11(17)15-9-6-7(13)4-5-8(9)10(14)16-18/h4-6,18H,1-3H3,(H2,14,16)(H,15,17). The van der Waals surface area contributed by atoms with E-state index in [1.165, 1.54) is 12.1 Å². The minimum Gasteiger partial charge on any atom is -0.444 e. The Labute approximate surface area is 116 Å². The van der Waals surface area contributed by atoms with Crippen molar-refractivity contribution in [2.75, 3.05) is 5.32 Å². The van der Waals surface area contributed by atoms with Crippen molar-refractivity contribution in [1.82, 2.24) is 0 Å². The maximum Gasteiger partial charge on any atom is 0.412 e. The average molecular weight is 286 g/mol. The highest BCUT2D eigenvalue weighted by Gasteiger charge is 2.18. The van der Waals surface area contributed by atoms with Crippen molar-refractivity contribution in [1.29, 1.82) is 0 Å². The number of oxime groups is 1. The molecule has 0 aliphatic rings. The fourth-order valence-electron chi connectivity index (χ4n) is 1.31. The SMILES string of the molecule is CC(C)(C)OC(=O)Nc1cc(Cl)ccc1C(N)=NO. The van der Waals surface area contributed by atoms with Gasteiger partial charge in [0.25, 0.3) is 0 Å². The molecule has 0 bridgehead atoms. The molecule has 19 heavy (non-hydrogen) atoms. The summed E-state index contributed by atoms with van der Waals surface area (Å²) < 4.78 is 5.11. The number of nitrogens with two attached hydrogens (primary N) is 1. The Hall–Kier alpha value is -1.95. The first-order valence-electron chi connectivity index (χ1n) is 5.50. The minimum atomic E-state index is -0.651. The Morgan fingerprint density at radius 1 is 1.47 bits per heavy atom. The van der Waals surface area contributed by atoms with Gasteiger partial charge in [-0.1, -0.05) is 16.8 Å². The van der Waals surface area contributed by atoms with Crippen LogP contribution in [-0.2, 0) is 4.74 Å². The van der Waals surface area contributed by atoms with Crippen LogP contribution in [0.25, 0.3) is 0 Å². The summed E-state index contributed by atoms with van der Waals surface area (Å²) in [5, 5.41) is 14.5. The van der Waals surface area contributed by atoms with Crippen LogP contribution in [0.15, 0.2) is 23.4 Å². The topological polar surface area (TPSA) is 96.9 Å². The van der Waals surface area contributed by atoms with E-state index in [0.29, 0.717) is 16.3 Å². The number of hydrogen-bond acceptors (Lipinski definition) is 4. The molecule has 0 radical (unpaired) electrons. The molecule has 6 nitrogen and oxygen atoms in total. The van der Waals surface area contributed by atoms with Crippen LogP contribution >= 0.6 is 11.6 Å². The average Bonchev–Trinajstić information content (AvgIpc) is 2.25. The van der Waals surface area contributed by atoms with E-state index in [2.05, 4.69) is 10.5 Å². The number of carbonyl (C=O) groups is 1. The van der Waals surface area contributed by atoms with Crippen LogP contribution in [0, 0.1) is 0 Å². The fraction of sp³-hybridized carbons (Fsp3) is 0.333. The van der Waals surface area contributed by atoms with Gasteiger partial charge in [0.05, 0.1) is 5.69 Å². The first kappa shape index (κ1) is 15.1. The molecule has 0 saturated carbocycles. The largest absolute Gasteiger partial charge is 0.444 e. The number of hydrogen-bond donors (Lipinski definition) is 3. The number of halogens is 1. The number of rotatable bonds is 2. The lowest BCUT2D eigenvalue weighted by atomic mass is 10.1. The summed E-state index contributed by atoms with van der Waals surface area (Å²) in [4.78, 5) is 11.7. The van der Waals surface area contributed by atoms with Gasteiger partial charge < -0.3 is 15.7 Å². The third-order valence-electron chi connectivity index (χ3n) is 2.00. The lowest BCUT2D eigenvalue weighted by Crippen LogP contribution is -2.28. The summed E-state index contributed by atoms with van der Waals surface area (Å²) in [6.07, 6.45) is -0.651. The zero-order chi connectivity index (χ0) is 14.6. The Balaban J connectivity index is 3.00. The molecule has 0 aromatic heterocycles. The van der Waals surface area contributed by atoms with E-state index >= 15 is 0 Å². The van der Waals surface area contributed by atoms with Crippen LogP contribution in [0.4, 0.5) is 10.5 Å². The minimum absolute atomic E-state index is 0.136. The smallest absolute Gasteiger partial charge is 0.412 e. The van der Waals surface area contributed by atoms with Crippen LogP contribution in [0.5, 0.6) is 0 Å². The molecule has 4 N–H and O–H groups in total. The number of nitrogens with zero attached hydrogens (tertiary/aromatic N) is 1. The maximum absolute atomic E-state index is 11.7. The van der Waals surface area contributed by atoms with Gasteiger partial charge in [0.2, 0.25) is 0 Å². The molecule has 1 rings (SSSR count). The summed E-state index contributed by atoms with van der Waals surface area (Å²) in [5.74, 6) is -0.136. The molecular weight excluding hydrogens is 270 g/mol. The highest BCUT2D eigenvalue weighted by molar-refractivity contribution is 6.31. The number of nitrogens with one attached hydrogen (secondary N) is 1. The molecule has 0 unspecified atom stereocenters. The van der Waals surface area contributed by atoms with E-state index in [1.807, 2.05) is 0 Å². The van der Waals surface area contributed by atoms with Gasteiger partial charge in [0.1, 0.15) is 5.60 Å². The molecule has 7 heteroatoms. The maximum atomic E-state index is 11.7. The van der Waals surface area contributed by atoms with E-state index in [-0.39, 0.29) is 5.84 Å². The van der Waals surface area contributed by atoms with Crippen molar-refractivity contribution in [3.05, 3.63) is 28.8 Å². The molecule has 0 spiro atoms. The van der Waals surface area contributed by atoms with E-state index in [1.54, 1.807) is 26.8 Å². The monoisotopic (exact) mass is 285 g/mol. The van der Waals surface area contributed by atoms with Gasteiger partial charge >= 0.3 is 6.09 Å². The highest BCUT2D eigenvalue weighted by Crippen LogP contribution is 2.22. The number of carbonyl (C=O) groups excluding carboxylic acids is 1. The summed E-state index contributed by atoms with van der Waals surface area (Å²) >= 11 is 5.85. The van der Waals surface area contributed by atoms with Gasteiger partial charge in [0, 0.05) is 10.6 Å². The van der Waals surface area contributed by atoms with Gasteiger partial charge in [-0.15, -0.1) is 0 Å². The van der Waals surface area contributed by atoms with Gasteiger partial charge in [-0.2, -0.15) is 0 Å². The van der Waals surface area contributed by atoms with Crippen LogP contribution in [0.3, 0.4) is 0 Å². The van der Waals surface area contributed by atoms with Gasteiger partial charge in [-0.3, -0.25) is 5.32 Å². The second-order valence-electron chi connectivity index (χ2n) is 4.80. The van der Waals surface area contributed by atoms with E-state index < -0.39 is 11.7 Å². The van der Waals surface area contributed by atoms with E-state index in [4.69, 9.17) is 27.3 Å². The van der Waals surface area contributed by atoms with Crippen molar-refractivity contribution in [2.45, 2.75) is 26.4 Å². The molecule has 0 aliphatic carbocycles. The highest BCUT2D eigenvalue weighted by atomic mass is 35.5. The molecule has 1 aromatic rings. The first-order valence-corrected chi connectivity index (χ1v) is 5.88. The van der Waals surface area contributed by atoms with Crippen molar-refractivity contribution in [2.24, 2.45) is 10.9 Å². The lowest BCUT2D eigenvalue weighted by Gasteiger charge is -2.20. The zero-order valence-corrected chi connectivity index (χ0v) is 11.7. The van der Waals surface area contributed by atoms with Crippen LogP contribution in [0.1, 0.15) is 26.3 Å². The van der Waals surface area contributed by atoms with E-state index in [0.717, 1.165) is 0 Å².